The van der Waals surface area contributed by atoms with Gasteiger partial charge in [0.05, 0.1) is 13.0 Å². The van der Waals surface area contributed by atoms with Crippen LogP contribution >= 0.6 is 12.4 Å². The minimum atomic E-state index is -0.361. The lowest BCUT2D eigenvalue weighted by atomic mass is 10.1. The summed E-state index contributed by atoms with van der Waals surface area (Å²) in [5.74, 6) is -0.641. The third kappa shape index (κ3) is 4.45. The minimum Gasteiger partial charge on any atom is -0.347 e. The maximum absolute atomic E-state index is 13.1. The van der Waals surface area contributed by atoms with Gasteiger partial charge in [0.2, 0.25) is 11.8 Å². The van der Waals surface area contributed by atoms with E-state index in [2.05, 4.69) is 10.6 Å². The van der Waals surface area contributed by atoms with E-state index in [4.69, 9.17) is 0 Å². The van der Waals surface area contributed by atoms with Gasteiger partial charge in [-0.3, -0.25) is 9.59 Å². The van der Waals surface area contributed by atoms with Crippen LogP contribution in [-0.2, 0) is 16.0 Å². The number of carbonyl (C=O) groups excluding carboxylic acids is 2. The first-order chi connectivity index (χ1) is 11.1. The van der Waals surface area contributed by atoms with E-state index in [0.29, 0.717) is 11.6 Å². The molecule has 1 aromatic carbocycles. The monoisotopic (exact) mass is 355 g/mol. The van der Waals surface area contributed by atoms with Crippen LogP contribution in [0.5, 0.6) is 0 Å². The second kappa shape index (κ2) is 8.44. The first-order valence-corrected chi connectivity index (χ1v) is 8.16. The van der Waals surface area contributed by atoms with Crippen molar-refractivity contribution in [2.75, 3.05) is 19.6 Å². The molecule has 2 saturated heterocycles. The Morgan fingerprint density at radius 1 is 1.25 bits per heavy atom. The fourth-order valence-electron chi connectivity index (χ4n) is 3.55. The van der Waals surface area contributed by atoms with E-state index in [1.165, 1.54) is 12.1 Å². The molecule has 1 aromatic rings. The van der Waals surface area contributed by atoms with Crippen molar-refractivity contribution < 1.29 is 14.0 Å². The van der Waals surface area contributed by atoms with Crippen molar-refractivity contribution in [3.8, 4) is 0 Å². The zero-order valence-electron chi connectivity index (χ0n) is 13.5. The summed E-state index contributed by atoms with van der Waals surface area (Å²) in [6, 6.07) is 6.49. The molecule has 0 aliphatic carbocycles. The number of rotatable bonds is 4. The lowest BCUT2D eigenvalue weighted by Gasteiger charge is -2.28. The van der Waals surface area contributed by atoms with Gasteiger partial charge in [-0.25, -0.2) is 4.39 Å². The van der Waals surface area contributed by atoms with Crippen molar-refractivity contribution in [3.63, 3.8) is 0 Å². The fourth-order valence-corrected chi connectivity index (χ4v) is 3.55. The zero-order chi connectivity index (χ0) is 16.2. The molecule has 2 N–H and O–H groups in total. The predicted octanol–water partition coefficient (Wildman–Crippen LogP) is 1.26. The van der Waals surface area contributed by atoms with Crippen LogP contribution in [-0.4, -0.2) is 48.4 Å². The zero-order valence-corrected chi connectivity index (χ0v) is 14.3. The molecule has 0 saturated carbocycles. The molecule has 24 heavy (non-hydrogen) atoms. The maximum Gasteiger partial charge on any atom is 0.242 e. The number of nitrogens with one attached hydrogen (secondary N) is 2. The smallest absolute Gasteiger partial charge is 0.242 e. The molecule has 2 fully saturated rings. The summed E-state index contributed by atoms with van der Waals surface area (Å²) in [5.41, 5.74) is 0.606. The van der Waals surface area contributed by atoms with Crippen molar-refractivity contribution in [3.05, 3.63) is 35.6 Å². The van der Waals surface area contributed by atoms with Gasteiger partial charge in [-0.2, -0.15) is 0 Å². The maximum atomic E-state index is 13.1. The average Bonchev–Trinajstić information content (AvgIpc) is 2.78. The molecule has 5 nitrogen and oxygen atoms in total. The quantitative estimate of drug-likeness (QED) is 0.854. The molecule has 2 amide bonds. The molecule has 132 valence electrons. The molecule has 0 aromatic heterocycles. The molecule has 2 aliphatic heterocycles. The first kappa shape index (κ1) is 18.7. The number of fused-ring (bicyclic) bond motifs is 2. The molecule has 0 spiro atoms. The Bertz CT molecular complexity index is 585. The molecule has 2 aliphatic rings. The third-order valence-corrected chi connectivity index (χ3v) is 4.63. The van der Waals surface area contributed by atoms with Crippen molar-refractivity contribution in [1.82, 2.24) is 15.5 Å². The number of nitrogens with zero attached hydrogens (tertiary/aromatic N) is 1. The van der Waals surface area contributed by atoms with Crippen LogP contribution in [0.3, 0.4) is 0 Å². The Labute approximate surface area is 147 Å². The number of benzene rings is 1. The van der Waals surface area contributed by atoms with E-state index in [-0.39, 0.29) is 49.0 Å². The van der Waals surface area contributed by atoms with Crippen LogP contribution in [0.1, 0.15) is 24.8 Å². The second-order valence-electron chi connectivity index (χ2n) is 6.26. The summed E-state index contributed by atoms with van der Waals surface area (Å²) >= 11 is 0. The van der Waals surface area contributed by atoms with Gasteiger partial charge in [-0.15, -0.1) is 12.4 Å². The van der Waals surface area contributed by atoms with Gasteiger partial charge >= 0.3 is 0 Å². The van der Waals surface area contributed by atoms with E-state index in [9.17, 15) is 14.0 Å². The minimum absolute atomic E-state index is 0. The number of hydrogen-bond acceptors (Lipinski definition) is 3. The Morgan fingerprint density at radius 2 is 2.04 bits per heavy atom. The summed E-state index contributed by atoms with van der Waals surface area (Å²) in [4.78, 5) is 26.3. The number of halogens is 2. The van der Waals surface area contributed by atoms with Crippen LogP contribution in [0.15, 0.2) is 24.3 Å². The molecule has 2 bridgehead atoms. The first-order valence-electron chi connectivity index (χ1n) is 8.16. The average molecular weight is 356 g/mol. The molecule has 7 heteroatoms. The van der Waals surface area contributed by atoms with Crippen molar-refractivity contribution >= 4 is 24.2 Å². The lowest BCUT2D eigenvalue weighted by Crippen LogP contribution is -2.47. The number of amides is 2. The third-order valence-electron chi connectivity index (χ3n) is 4.63. The van der Waals surface area contributed by atoms with Gasteiger partial charge in [-0.1, -0.05) is 12.1 Å². The second-order valence-corrected chi connectivity index (χ2v) is 6.26. The Kier molecular flexibility index (Phi) is 6.57. The van der Waals surface area contributed by atoms with Crippen LogP contribution in [0.2, 0.25) is 0 Å². The molecule has 2 unspecified atom stereocenters. The highest BCUT2D eigenvalue weighted by molar-refractivity contribution is 5.86. The van der Waals surface area contributed by atoms with E-state index in [0.717, 1.165) is 32.4 Å². The molecular weight excluding hydrogens is 333 g/mol. The largest absolute Gasteiger partial charge is 0.347 e. The molecule has 2 atom stereocenters. The summed E-state index contributed by atoms with van der Waals surface area (Å²) in [7, 11) is 0. The van der Waals surface area contributed by atoms with E-state index in [1.54, 1.807) is 12.1 Å². The summed E-state index contributed by atoms with van der Waals surface area (Å²) in [6.45, 7) is 1.79. The molecular formula is C17H23ClFN3O2. The highest BCUT2D eigenvalue weighted by atomic mass is 35.5. The van der Waals surface area contributed by atoms with Gasteiger partial charge in [0, 0.05) is 18.6 Å². The van der Waals surface area contributed by atoms with Crippen LogP contribution in [0.25, 0.3) is 0 Å². The molecule has 2 heterocycles. The van der Waals surface area contributed by atoms with Gasteiger partial charge in [0.25, 0.3) is 0 Å². The van der Waals surface area contributed by atoms with E-state index >= 15 is 0 Å². The van der Waals surface area contributed by atoms with Crippen molar-refractivity contribution in [2.24, 2.45) is 0 Å². The summed E-state index contributed by atoms with van der Waals surface area (Å²) in [5, 5.41) is 6.01. The Morgan fingerprint density at radius 3 is 2.83 bits per heavy atom. The molecule has 0 radical (unpaired) electrons. The van der Waals surface area contributed by atoms with Gasteiger partial charge in [0.15, 0.2) is 0 Å². The van der Waals surface area contributed by atoms with Gasteiger partial charge in [-0.05, 0) is 43.5 Å². The van der Waals surface area contributed by atoms with Crippen molar-refractivity contribution in [1.29, 1.82) is 0 Å². The number of carbonyl (C=O) groups is 2. The van der Waals surface area contributed by atoms with Crippen molar-refractivity contribution in [2.45, 2.75) is 37.8 Å². The Balaban J connectivity index is 0.00000208. The van der Waals surface area contributed by atoms with Gasteiger partial charge < -0.3 is 15.5 Å². The fraction of sp³-hybridized carbons (Fsp3) is 0.529. The van der Waals surface area contributed by atoms with Crippen LogP contribution in [0.4, 0.5) is 4.39 Å². The standard InChI is InChI=1S/C17H22FN3O2.ClH/c18-13-3-1-2-12(8-13)9-16(22)20-11-17(23)21-14-4-5-15(21)10-19-7-6-14;/h1-3,8,14-15,19H,4-7,9-11H2,(H,20,22);1H. The van der Waals surface area contributed by atoms with Crippen LogP contribution in [0, 0.1) is 5.82 Å². The van der Waals surface area contributed by atoms with E-state index in [1.807, 2.05) is 4.90 Å². The van der Waals surface area contributed by atoms with E-state index < -0.39 is 0 Å². The Hall–Kier alpha value is -1.66. The summed E-state index contributed by atoms with van der Waals surface area (Å²) in [6.07, 6.45) is 3.13. The normalized spacial score (nSPS) is 22.5. The summed E-state index contributed by atoms with van der Waals surface area (Å²) < 4.78 is 13.1. The predicted molar refractivity (Wildman–Crippen MR) is 91.5 cm³/mol. The lowest BCUT2D eigenvalue weighted by molar-refractivity contribution is -0.134. The van der Waals surface area contributed by atoms with Crippen LogP contribution < -0.4 is 10.6 Å². The SMILES string of the molecule is Cl.O=C(Cc1cccc(F)c1)NCC(=O)N1C2CCNCC1CC2. The molecule has 3 rings (SSSR count). The number of hydrogen-bond donors (Lipinski definition) is 2. The van der Waals surface area contributed by atoms with Gasteiger partial charge in [0.1, 0.15) is 5.82 Å². The topological polar surface area (TPSA) is 61.4 Å². The highest BCUT2D eigenvalue weighted by Gasteiger charge is 2.37. The highest BCUT2D eigenvalue weighted by Crippen LogP contribution is 2.27.